The van der Waals surface area contributed by atoms with Crippen molar-refractivity contribution >= 4 is 21.5 Å². The molecule has 0 bridgehead atoms. The second-order valence-corrected chi connectivity index (χ2v) is 7.90. The lowest BCUT2D eigenvalue weighted by molar-refractivity contribution is 0.116. The molecule has 0 unspecified atom stereocenters. The summed E-state index contributed by atoms with van der Waals surface area (Å²) in [6.45, 7) is 0. The van der Waals surface area contributed by atoms with E-state index in [0.29, 0.717) is 5.82 Å². The van der Waals surface area contributed by atoms with Gasteiger partial charge in [-0.2, -0.15) is 0 Å². The molecule has 1 aliphatic carbocycles. The molecule has 2 aromatic rings. The molecule has 2 atom stereocenters. The number of hydrogen-bond donors (Lipinski definition) is 3. The highest BCUT2D eigenvalue weighted by Crippen LogP contribution is 2.23. The van der Waals surface area contributed by atoms with Crippen molar-refractivity contribution in [3.8, 4) is 0 Å². The van der Waals surface area contributed by atoms with Crippen LogP contribution in [0.3, 0.4) is 0 Å². The molecule has 1 aromatic carbocycles. The minimum absolute atomic E-state index is 0.0866. The first kappa shape index (κ1) is 18.5. The van der Waals surface area contributed by atoms with Crippen molar-refractivity contribution in [3.05, 3.63) is 48.2 Å². The van der Waals surface area contributed by atoms with E-state index < -0.39 is 27.8 Å². The molecule has 0 amide bonds. The minimum atomic E-state index is -3.98. The van der Waals surface area contributed by atoms with E-state index in [-0.39, 0.29) is 16.6 Å². The summed E-state index contributed by atoms with van der Waals surface area (Å²) < 4.78 is 53.0. The molecule has 26 heavy (non-hydrogen) atoms. The Morgan fingerprint density at radius 2 is 1.85 bits per heavy atom. The van der Waals surface area contributed by atoms with Crippen LogP contribution in [0, 0.1) is 11.6 Å². The number of rotatable bonds is 5. The number of anilines is 2. The number of aliphatic hydroxyl groups is 1. The van der Waals surface area contributed by atoms with Gasteiger partial charge in [-0.1, -0.05) is 12.8 Å². The number of pyridine rings is 1. The smallest absolute Gasteiger partial charge is 0.263 e. The predicted molar refractivity (Wildman–Crippen MR) is 93.3 cm³/mol. The molecule has 9 heteroatoms. The van der Waals surface area contributed by atoms with Gasteiger partial charge in [-0.25, -0.2) is 22.2 Å². The molecule has 0 radical (unpaired) electrons. The maximum absolute atomic E-state index is 13.2. The van der Waals surface area contributed by atoms with Crippen LogP contribution in [0.2, 0.25) is 0 Å². The number of sulfonamides is 1. The van der Waals surface area contributed by atoms with Gasteiger partial charge < -0.3 is 10.4 Å². The molecule has 3 rings (SSSR count). The zero-order chi connectivity index (χ0) is 18.7. The Hall–Kier alpha value is -2.26. The van der Waals surface area contributed by atoms with E-state index in [4.69, 9.17) is 0 Å². The molecule has 1 aromatic heterocycles. The summed E-state index contributed by atoms with van der Waals surface area (Å²) >= 11 is 0. The van der Waals surface area contributed by atoms with E-state index in [2.05, 4.69) is 15.0 Å². The highest BCUT2D eigenvalue weighted by atomic mass is 32.2. The van der Waals surface area contributed by atoms with E-state index in [1.54, 1.807) is 0 Å². The number of aromatic nitrogens is 1. The minimum Gasteiger partial charge on any atom is -0.391 e. The van der Waals surface area contributed by atoms with Gasteiger partial charge in [0.1, 0.15) is 10.7 Å². The predicted octanol–water partition coefficient (Wildman–Crippen LogP) is 2.88. The van der Waals surface area contributed by atoms with Gasteiger partial charge in [0.2, 0.25) is 0 Å². The Labute approximate surface area is 150 Å². The topological polar surface area (TPSA) is 91.3 Å². The summed E-state index contributed by atoms with van der Waals surface area (Å²) in [5.74, 6) is -1.74. The van der Waals surface area contributed by atoms with Crippen LogP contribution < -0.4 is 10.0 Å². The molecule has 1 saturated carbocycles. The molecular weight excluding hydrogens is 364 g/mol. The van der Waals surface area contributed by atoms with Crippen LogP contribution in [0.15, 0.2) is 41.4 Å². The molecule has 1 fully saturated rings. The quantitative estimate of drug-likeness (QED) is 0.739. The van der Waals surface area contributed by atoms with Crippen molar-refractivity contribution in [2.45, 2.75) is 42.7 Å². The maximum atomic E-state index is 13.2. The summed E-state index contributed by atoms with van der Waals surface area (Å²) in [7, 11) is -3.98. The average molecular weight is 383 g/mol. The average Bonchev–Trinajstić information content (AvgIpc) is 2.60. The van der Waals surface area contributed by atoms with E-state index >= 15 is 0 Å². The molecule has 0 saturated heterocycles. The summed E-state index contributed by atoms with van der Waals surface area (Å²) in [4.78, 5) is 3.96. The zero-order valence-corrected chi connectivity index (χ0v) is 14.6. The standard InChI is InChI=1S/C17H19F2N3O3S/c18-13-7-5-11(9-14(13)19)22-26(24,25)12-6-8-17(20-10-12)21-15-3-1-2-4-16(15)23/h5-10,15-16,22-23H,1-4H2,(H,20,21)/t15-,16-/m0/s1. The van der Waals surface area contributed by atoms with Crippen LogP contribution in [-0.4, -0.2) is 30.7 Å². The number of benzene rings is 1. The van der Waals surface area contributed by atoms with Crippen LogP contribution in [0.4, 0.5) is 20.3 Å². The molecule has 1 heterocycles. The van der Waals surface area contributed by atoms with Crippen molar-refractivity contribution in [2.24, 2.45) is 0 Å². The molecule has 0 aliphatic heterocycles. The molecule has 140 valence electrons. The normalized spacial score (nSPS) is 20.6. The van der Waals surface area contributed by atoms with Crippen molar-refractivity contribution in [2.75, 3.05) is 10.0 Å². The number of hydrogen-bond acceptors (Lipinski definition) is 5. The van der Waals surface area contributed by atoms with Crippen LogP contribution in [0.5, 0.6) is 0 Å². The van der Waals surface area contributed by atoms with E-state index in [0.717, 1.165) is 43.9 Å². The number of aliphatic hydroxyl groups excluding tert-OH is 1. The first-order chi connectivity index (χ1) is 12.3. The Balaban J connectivity index is 1.71. The lowest BCUT2D eigenvalue weighted by Crippen LogP contribution is -2.36. The van der Waals surface area contributed by atoms with Gasteiger partial charge in [0.15, 0.2) is 11.6 Å². The largest absolute Gasteiger partial charge is 0.391 e. The second kappa shape index (κ2) is 7.55. The molecule has 3 N–H and O–H groups in total. The van der Waals surface area contributed by atoms with Crippen molar-refractivity contribution < 1.29 is 22.3 Å². The third-order valence-corrected chi connectivity index (χ3v) is 5.65. The van der Waals surface area contributed by atoms with Crippen LogP contribution in [0.1, 0.15) is 25.7 Å². The number of halogens is 2. The van der Waals surface area contributed by atoms with Gasteiger partial charge in [0.05, 0.1) is 17.8 Å². The fourth-order valence-corrected chi connectivity index (χ4v) is 3.86. The lowest BCUT2D eigenvalue weighted by atomic mass is 9.92. The zero-order valence-electron chi connectivity index (χ0n) is 13.8. The third kappa shape index (κ3) is 4.28. The van der Waals surface area contributed by atoms with E-state index in [1.165, 1.54) is 18.3 Å². The van der Waals surface area contributed by atoms with Gasteiger partial charge in [-0.15, -0.1) is 0 Å². The van der Waals surface area contributed by atoms with Gasteiger partial charge in [-0.3, -0.25) is 4.72 Å². The number of nitrogens with zero attached hydrogens (tertiary/aromatic N) is 1. The van der Waals surface area contributed by atoms with Gasteiger partial charge in [0.25, 0.3) is 10.0 Å². The molecule has 0 spiro atoms. The highest BCUT2D eigenvalue weighted by Gasteiger charge is 2.23. The van der Waals surface area contributed by atoms with Gasteiger partial charge in [0, 0.05) is 12.3 Å². The molecule has 6 nitrogen and oxygen atoms in total. The first-order valence-electron chi connectivity index (χ1n) is 8.24. The molecule has 1 aliphatic rings. The van der Waals surface area contributed by atoms with E-state index in [9.17, 15) is 22.3 Å². The fourth-order valence-electron chi connectivity index (χ4n) is 2.87. The summed E-state index contributed by atoms with van der Waals surface area (Å²) in [5, 5.41) is 13.1. The Morgan fingerprint density at radius 1 is 1.08 bits per heavy atom. The second-order valence-electron chi connectivity index (χ2n) is 6.22. The highest BCUT2D eigenvalue weighted by molar-refractivity contribution is 7.92. The van der Waals surface area contributed by atoms with Crippen molar-refractivity contribution in [1.82, 2.24) is 4.98 Å². The van der Waals surface area contributed by atoms with Crippen molar-refractivity contribution in [1.29, 1.82) is 0 Å². The van der Waals surface area contributed by atoms with Crippen LogP contribution in [0.25, 0.3) is 0 Å². The Morgan fingerprint density at radius 3 is 2.50 bits per heavy atom. The monoisotopic (exact) mass is 383 g/mol. The summed E-state index contributed by atoms with van der Waals surface area (Å²) in [6, 6.07) is 5.48. The van der Waals surface area contributed by atoms with Gasteiger partial charge in [-0.05, 0) is 37.1 Å². The fraction of sp³-hybridized carbons (Fsp3) is 0.353. The molecular formula is C17H19F2N3O3S. The summed E-state index contributed by atoms with van der Waals surface area (Å²) in [6.07, 6.45) is 4.26. The maximum Gasteiger partial charge on any atom is 0.263 e. The lowest BCUT2D eigenvalue weighted by Gasteiger charge is -2.28. The third-order valence-electron chi connectivity index (χ3n) is 4.28. The first-order valence-corrected chi connectivity index (χ1v) is 9.72. The van der Waals surface area contributed by atoms with Crippen LogP contribution >= 0.6 is 0 Å². The Bertz CT molecular complexity index is 875. The number of nitrogens with one attached hydrogen (secondary N) is 2. The van der Waals surface area contributed by atoms with E-state index in [1.807, 2.05) is 0 Å². The Kier molecular flexibility index (Phi) is 5.38. The van der Waals surface area contributed by atoms with Gasteiger partial charge >= 0.3 is 0 Å². The SMILES string of the molecule is O=S(=O)(Nc1ccc(F)c(F)c1)c1ccc(N[C@H]2CCCC[C@@H]2O)nc1. The van der Waals surface area contributed by atoms with Crippen molar-refractivity contribution in [3.63, 3.8) is 0 Å². The van der Waals surface area contributed by atoms with Crippen LogP contribution in [-0.2, 0) is 10.0 Å². The summed E-state index contributed by atoms with van der Waals surface area (Å²) in [5.41, 5.74) is -0.0866.